The summed E-state index contributed by atoms with van der Waals surface area (Å²) >= 11 is 0. The van der Waals surface area contributed by atoms with Crippen LogP contribution in [0.15, 0.2) is 35.8 Å². The number of benzene rings is 1. The smallest absolute Gasteiger partial charge is 0.303 e. The predicted molar refractivity (Wildman–Crippen MR) is 102 cm³/mol. The average Bonchev–Trinajstić information content (AvgIpc) is 2.71. The Morgan fingerprint density at radius 3 is 2.39 bits per heavy atom. The first-order valence-corrected chi connectivity index (χ1v) is 9.09. The summed E-state index contributed by atoms with van der Waals surface area (Å²) in [5, 5.41) is 0. The van der Waals surface area contributed by atoms with Crippen LogP contribution in [-0.4, -0.2) is 46.6 Å². The van der Waals surface area contributed by atoms with E-state index in [4.69, 9.17) is 28.4 Å². The maximum Gasteiger partial charge on any atom is 0.303 e. The molecule has 0 N–H and O–H groups in total. The van der Waals surface area contributed by atoms with Gasteiger partial charge in [0, 0.05) is 37.0 Å². The molecule has 0 radical (unpaired) electrons. The van der Waals surface area contributed by atoms with Crippen LogP contribution in [0.25, 0.3) is 0 Å². The molecule has 0 bridgehead atoms. The van der Waals surface area contributed by atoms with E-state index in [0.29, 0.717) is 41.6 Å². The molecule has 1 aromatic rings. The summed E-state index contributed by atoms with van der Waals surface area (Å²) in [5.41, 5.74) is 0.852. The molecule has 7 nitrogen and oxygen atoms in total. The second kappa shape index (κ2) is 8.46. The van der Waals surface area contributed by atoms with Gasteiger partial charge in [0.2, 0.25) is 0 Å². The maximum atomic E-state index is 11.7. The van der Waals surface area contributed by atoms with E-state index in [1.165, 1.54) is 6.92 Å². The zero-order valence-corrected chi connectivity index (χ0v) is 16.8. The minimum absolute atomic E-state index is 0.0523. The molecule has 0 fully saturated rings. The summed E-state index contributed by atoms with van der Waals surface area (Å²) < 4.78 is 33.6. The lowest BCUT2D eigenvalue weighted by Crippen LogP contribution is -2.45. The molecule has 0 amide bonds. The van der Waals surface area contributed by atoms with Crippen LogP contribution in [0.3, 0.4) is 0 Å². The SMILES string of the molecule is COC1=CCC([C@H]2Oc3cc(OC)cc(OC)c3C[C@@H]2OC(C)=O)C=C1OC. The molecule has 3 atom stereocenters. The molecule has 3 rings (SSSR count). The highest BCUT2D eigenvalue weighted by Gasteiger charge is 2.40. The Hall–Kier alpha value is -2.83. The molecule has 1 heterocycles. The Kier molecular flexibility index (Phi) is 6.02. The number of allylic oxidation sites excluding steroid dienone is 1. The number of esters is 1. The Morgan fingerprint density at radius 2 is 1.79 bits per heavy atom. The first-order valence-electron chi connectivity index (χ1n) is 9.09. The largest absolute Gasteiger partial charge is 0.496 e. The minimum Gasteiger partial charge on any atom is -0.496 e. The van der Waals surface area contributed by atoms with Crippen LogP contribution in [0, 0.1) is 5.92 Å². The van der Waals surface area contributed by atoms with E-state index in [9.17, 15) is 4.79 Å². The van der Waals surface area contributed by atoms with Crippen molar-refractivity contribution in [2.75, 3.05) is 28.4 Å². The molecular formula is C21H26O7. The number of hydrogen-bond donors (Lipinski definition) is 0. The van der Waals surface area contributed by atoms with Gasteiger partial charge < -0.3 is 28.4 Å². The fourth-order valence-electron chi connectivity index (χ4n) is 3.70. The fourth-order valence-corrected chi connectivity index (χ4v) is 3.70. The monoisotopic (exact) mass is 390 g/mol. The van der Waals surface area contributed by atoms with Crippen LogP contribution in [0.1, 0.15) is 18.9 Å². The van der Waals surface area contributed by atoms with E-state index in [1.807, 2.05) is 18.2 Å². The van der Waals surface area contributed by atoms with E-state index in [-0.39, 0.29) is 18.0 Å². The lowest BCUT2D eigenvalue weighted by atomic mass is 9.85. The van der Waals surface area contributed by atoms with Crippen LogP contribution < -0.4 is 14.2 Å². The molecule has 1 aliphatic heterocycles. The second-order valence-corrected chi connectivity index (χ2v) is 6.65. The molecule has 1 unspecified atom stereocenters. The Morgan fingerprint density at radius 1 is 1.04 bits per heavy atom. The van der Waals surface area contributed by atoms with Crippen LogP contribution in [0.4, 0.5) is 0 Å². The van der Waals surface area contributed by atoms with Gasteiger partial charge >= 0.3 is 5.97 Å². The quantitative estimate of drug-likeness (QED) is 0.692. The van der Waals surface area contributed by atoms with Crippen molar-refractivity contribution in [1.29, 1.82) is 0 Å². The Balaban J connectivity index is 1.97. The van der Waals surface area contributed by atoms with Gasteiger partial charge in [0.05, 0.1) is 28.4 Å². The topological polar surface area (TPSA) is 72.5 Å². The van der Waals surface area contributed by atoms with E-state index < -0.39 is 6.10 Å². The number of carbonyl (C=O) groups excluding carboxylic acids is 1. The highest BCUT2D eigenvalue weighted by atomic mass is 16.6. The van der Waals surface area contributed by atoms with Crippen molar-refractivity contribution in [2.24, 2.45) is 5.92 Å². The summed E-state index contributed by atoms with van der Waals surface area (Å²) in [7, 11) is 6.38. The second-order valence-electron chi connectivity index (χ2n) is 6.65. The van der Waals surface area contributed by atoms with Crippen molar-refractivity contribution >= 4 is 5.97 Å². The van der Waals surface area contributed by atoms with E-state index in [0.717, 1.165) is 5.56 Å². The van der Waals surface area contributed by atoms with Crippen LogP contribution >= 0.6 is 0 Å². The zero-order chi connectivity index (χ0) is 20.3. The van der Waals surface area contributed by atoms with Crippen LogP contribution in [-0.2, 0) is 25.4 Å². The van der Waals surface area contributed by atoms with Crippen molar-refractivity contribution in [2.45, 2.75) is 32.0 Å². The third-order valence-corrected chi connectivity index (χ3v) is 4.99. The van der Waals surface area contributed by atoms with Gasteiger partial charge in [-0.15, -0.1) is 0 Å². The van der Waals surface area contributed by atoms with Crippen molar-refractivity contribution in [3.8, 4) is 17.2 Å². The molecule has 28 heavy (non-hydrogen) atoms. The van der Waals surface area contributed by atoms with E-state index in [2.05, 4.69) is 0 Å². The van der Waals surface area contributed by atoms with Crippen LogP contribution in [0.5, 0.6) is 17.2 Å². The van der Waals surface area contributed by atoms with Gasteiger partial charge in [0.1, 0.15) is 29.5 Å². The lowest BCUT2D eigenvalue weighted by molar-refractivity contribution is -0.153. The van der Waals surface area contributed by atoms with Crippen molar-refractivity contribution in [3.05, 3.63) is 41.4 Å². The molecule has 0 saturated heterocycles. The lowest BCUT2D eigenvalue weighted by Gasteiger charge is -2.38. The number of carbonyl (C=O) groups is 1. The van der Waals surface area contributed by atoms with Crippen molar-refractivity contribution in [1.82, 2.24) is 0 Å². The van der Waals surface area contributed by atoms with Gasteiger partial charge in [-0.25, -0.2) is 0 Å². The third-order valence-electron chi connectivity index (χ3n) is 4.99. The van der Waals surface area contributed by atoms with Crippen molar-refractivity contribution < 1.29 is 33.2 Å². The predicted octanol–water partition coefficient (Wildman–Crippen LogP) is 3.02. The van der Waals surface area contributed by atoms with Crippen LogP contribution in [0.2, 0.25) is 0 Å². The number of methoxy groups -OCH3 is 4. The number of hydrogen-bond acceptors (Lipinski definition) is 7. The van der Waals surface area contributed by atoms with Gasteiger partial charge in [-0.05, 0) is 18.6 Å². The first kappa shape index (κ1) is 19.9. The van der Waals surface area contributed by atoms with Gasteiger partial charge in [-0.2, -0.15) is 0 Å². The Bertz CT molecular complexity index is 796. The molecule has 0 spiro atoms. The molecule has 1 aliphatic carbocycles. The molecule has 1 aromatic carbocycles. The number of ether oxygens (including phenoxy) is 6. The van der Waals surface area contributed by atoms with Gasteiger partial charge in [0.15, 0.2) is 11.5 Å². The Labute approximate surface area is 164 Å². The molecule has 0 saturated carbocycles. The molecule has 7 heteroatoms. The third kappa shape index (κ3) is 3.88. The maximum absolute atomic E-state index is 11.7. The first-order chi connectivity index (χ1) is 13.5. The highest BCUT2D eigenvalue weighted by Crippen LogP contribution is 2.42. The number of fused-ring (bicyclic) bond motifs is 1. The molecular weight excluding hydrogens is 364 g/mol. The summed E-state index contributed by atoms with van der Waals surface area (Å²) in [4.78, 5) is 11.7. The summed E-state index contributed by atoms with van der Waals surface area (Å²) in [6.07, 6.45) is 4.24. The minimum atomic E-state index is -0.454. The van der Waals surface area contributed by atoms with Gasteiger partial charge in [-0.3, -0.25) is 4.79 Å². The molecule has 0 aromatic heterocycles. The van der Waals surface area contributed by atoms with Gasteiger partial charge in [0.25, 0.3) is 0 Å². The van der Waals surface area contributed by atoms with Crippen molar-refractivity contribution in [3.63, 3.8) is 0 Å². The normalized spacial score (nSPS) is 23.4. The zero-order valence-electron chi connectivity index (χ0n) is 16.8. The standard InChI is InChI=1S/C21H26O7/c1-12(22)27-20-11-15-17(25-4)9-14(23-2)10-18(15)28-21(20)13-6-7-16(24-3)19(8-13)26-5/h7-10,13,20-21H,6,11H2,1-5H3/t13?,20-,21+/m0/s1. The molecule has 152 valence electrons. The molecule has 2 aliphatic rings. The summed E-state index contributed by atoms with van der Waals surface area (Å²) in [6, 6.07) is 3.62. The average molecular weight is 390 g/mol. The fraction of sp³-hybridized carbons (Fsp3) is 0.476. The number of rotatable bonds is 6. The summed E-state index contributed by atoms with van der Waals surface area (Å²) in [5.74, 6) is 2.86. The van der Waals surface area contributed by atoms with E-state index in [1.54, 1.807) is 34.5 Å². The summed E-state index contributed by atoms with van der Waals surface area (Å²) in [6.45, 7) is 1.40. The highest BCUT2D eigenvalue weighted by molar-refractivity contribution is 5.66. The van der Waals surface area contributed by atoms with E-state index >= 15 is 0 Å². The van der Waals surface area contributed by atoms with Gasteiger partial charge in [-0.1, -0.05) is 0 Å².